The van der Waals surface area contributed by atoms with Crippen molar-refractivity contribution in [3.8, 4) is 0 Å². The summed E-state index contributed by atoms with van der Waals surface area (Å²) in [6, 6.07) is 34.5. The summed E-state index contributed by atoms with van der Waals surface area (Å²) in [6.45, 7) is 0. The summed E-state index contributed by atoms with van der Waals surface area (Å²) in [4.78, 5) is 11.0. The van der Waals surface area contributed by atoms with Crippen molar-refractivity contribution in [2.24, 2.45) is 0 Å². The van der Waals surface area contributed by atoms with Crippen LogP contribution >= 0.6 is 0 Å². The molecule has 0 bridgehead atoms. The smallest absolute Gasteiger partial charge is 0.258 e. The molecule has 6 rings (SSSR count). The van der Waals surface area contributed by atoms with Gasteiger partial charge >= 0.3 is 5.69 Å². The van der Waals surface area contributed by atoms with E-state index in [2.05, 4.69) is 0 Å². The van der Waals surface area contributed by atoms with Crippen LogP contribution in [0, 0.1) is 27.6 Å². The lowest BCUT2D eigenvalue weighted by Crippen LogP contribution is -2.38. The van der Waals surface area contributed by atoms with Gasteiger partial charge in [0.15, 0.2) is 11.6 Å². The minimum Gasteiger partial charge on any atom is -0.258 e. The van der Waals surface area contributed by atoms with Crippen molar-refractivity contribution in [1.29, 1.82) is 0 Å². The summed E-state index contributed by atoms with van der Waals surface area (Å²) >= 11 is 0. The predicted octanol–water partition coefficient (Wildman–Crippen LogP) is 8.37. The fourth-order valence-electron chi connectivity index (χ4n) is 5.36. The Morgan fingerprint density at radius 2 is 1.21 bits per heavy atom. The quantitative estimate of drug-likeness (QED) is 0.112. The van der Waals surface area contributed by atoms with Crippen LogP contribution in [0.2, 0.25) is 0 Å². The second kappa shape index (κ2) is 10.8. The molecule has 0 saturated carbocycles. The number of halogens is 3. The second-order valence-electron chi connectivity index (χ2n) is 9.69. The minimum absolute atomic E-state index is 0.282. The van der Waals surface area contributed by atoms with Gasteiger partial charge in [0.2, 0.25) is 5.82 Å². The first-order valence-electron chi connectivity index (χ1n) is 13.1. The van der Waals surface area contributed by atoms with Crippen LogP contribution in [0.4, 0.5) is 18.9 Å². The summed E-state index contributed by atoms with van der Waals surface area (Å²) < 4.78 is 44.4. The van der Waals surface area contributed by atoms with Crippen LogP contribution in [0.15, 0.2) is 121 Å². The molecule has 1 heterocycles. The van der Waals surface area contributed by atoms with Gasteiger partial charge in [0.05, 0.1) is 16.1 Å². The maximum Gasteiger partial charge on any atom is 0.305 e. The monoisotopic (exact) mass is 561 g/mol. The SMILES string of the molecule is O=[N+]([O-])c1cc2c(/C=C/c3ccc(F)c(F)c3)nn(C(c3ccccc3)(c3ccccc3)c3ccccc3)c2cc1F. The van der Waals surface area contributed by atoms with Gasteiger partial charge in [0, 0.05) is 17.5 Å². The molecule has 0 aliphatic carbocycles. The van der Waals surface area contributed by atoms with E-state index in [1.165, 1.54) is 12.1 Å². The number of benzene rings is 5. The molecule has 0 amide bonds. The molecule has 0 fully saturated rings. The molecule has 42 heavy (non-hydrogen) atoms. The third kappa shape index (κ3) is 4.53. The Bertz CT molecular complexity index is 1840. The van der Waals surface area contributed by atoms with Crippen LogP contribution in [-0.2, 0) is 5.54 Å². The summed E-state index contributed by atoms with van der Waals surface area (Å²) in [5, 5.41) is 17.0. The number of nitrogens with zero attached hydrogens (tertiary/aromatic N) is 3. The highest BCUT2D eigenvalue weighted by Gasteiger charge is 2.41. The van der Waals surface area contributed by atoms with Crippen molar-refractivity contribution in [3.05, 3.63) is 177 Å². The number of aromatic nitrogens is 2. The Hall–Kier alpha value is -5.50. The highest BCUT2D eigenvalue weighted by molar-refractivity contribution is 5.92. The van der Waals surface area contributed by atoms with Gasteiger partial charge in [-0.1, -0.05) is 103 Å². The molecule has 5 aromatic carbocycles. The normalized spacial score (nSPS) is 11.8. The molecule has 0 radical (unpaired) electrons. The number of rotatable bonds is 7. The van der Waals surface area contributed by atoms with Crippen molar-refractivity contribution >= 4 is 28.7 Å². The highest BCUT2D eigenvalue weighted by atomic mass is 19.2. The zero-order chi connectivity index (χ0) is 29.3. The van der Waals surface area contributed by atoms with Crippen LogP contribution < -0.4 is 0 Å². The van der Waals surface area contributed by atoms with Crippen molar-refractivity contribution in [3.63, 3.8) is 0 Å². The first kappa shape index (κ1) is 26.7. The molecule has 0 atom stereocenters. The zero-order valence-electron chi connectivity index (χ0n) is 22.0. The van der Waals surface area contributed by atoms with E-state index in [0.717, 1.165) is 41.0 Å². The number of hydrogen-bond acceptors (Lipinski definition) is 3. The molecule has 1 aromatic heterocycles. The van der Waals surface area contributed by atoms with Crippen LogP contribution in [-0.4, -0.2) is 14.7 Å². The fourth-order valence-corrected chi connectivity index (χ4v) is 5.36. The van der Waals surface area contributed by atoms with E-state index in [9.17, 15) is 18.9 Å². The topological polar surface area (TPSA) is 61.0 Å². The van der Waals surface area contributed by atoms with Gasteiger partial charge in [-0.2, -0.15) is 9.49 Å². The summed E-state index contributed by atoms with van der Waals surface area (Å²) in [5.41, 5.74) is 1.58. The summed E-state index contributed by atoms with van der Waals surface area (Å²) in [6.07, 6.45) is 3.08. The molecular weight excluding hydrogens is 539 g/mol. The van der Waals surface area contributed by atoms with Gasteiger partial charge in [-0.05, 0) is 40.5 Å². The van der Waals surface area contributed by atoms with Gasteiger partial charge in [-0.3, -0.25) is 10.1 Å². The Morgan fingerprint density at radius 1 is 0.667 bits per heavy atom. The number of nitro groups is 1. The van der Waals surface area contributed by atoms with E-state index in [0.29, 0.717) is 16.5 Å². The van der Waals surface area contributed by atoms with Gasteiger partial charge < -0.3 is 0 Å². The standard InChI is InChI=1S/C34H22F3N3O2/c35-28-18-16-23(20-29(28)36)17-19-31-27-21-33(40(41)42)30(37)22-32(27)39(38-31)34(24-10-4-1-5-11-24,25-12-6-2-7-13-25)26-14-8-3-9-15-26/h1-22H/b19-17+. The van der Waals surface area contributed by atoms with Gasteiger partial charge in [-0.15, -0.1) is 0 Å². The third-order valence-corrected chi connectivity index (χ3v) is 7.24. The van der Waals surface area contributed by atoms with Crippen LogP contribution in [0.1, 0.15) is 27.9 Å². The Morgan fingerprint density at radius 3 is 1.71 bits per heavy atom. The van der Waals surface area contributed by atoms with Gasteiger partial charge in [0.25, 0.3) is 0 Å². The lowest BCUT2D eigenvalue weighted by atomic mass is 9.77. The maximum atomic E-state index is 15.3. The van der Waals surface area contributed by atoms with E-state index in [-0.39, 0.29) is 5.69 Å². The fraction of sp³-hybridized carbons (Fsp3) is 0.0294. The highest BCUT2D eigenvalue weighted by Crippen LogP contribution is 2.43. The van der Waals surface area contributed by atoms with Gasteiger partial charge in [-0.25, -0.2) is 13.5 Å². The Labute approximate surface area is 239 Å². The van der Waals surface area contributed by atoms with Crippen molar-refractivity contribution in [1.82, 2.24) is 9.78 Å². The average Bonchev–Trinajstić information content (AvgIpc) is 3.36. The van der Waals surface area contributed by atoms with E-state index in [1.54, 1.807) is 10.8 Å². The van der Waals surface area contributed by atoms with E-state index in [1.807, 2.05) is 91.0 Å². The van der Waals surface area contributed by atoms with Gasteiger partial charge in [0.1, 0.15) is 5.54 Å². The van der Waals surface area contributed by atoms with E-state index >= 15 is 4.39 Å². The molecule has 0 aliphatic rings. The minimum atomic E-state index is -1.13. The molecule has 0 unspecified atom stereocenters. The number of nitro benzene ring substituents is 1. The molecule has 0 N–H and O–H groups in total. The molecular formula is C34H22F3N3O2. The molecule has 206 valence electrons. The van der Waals surface area contributed by atoms with E-state index in [4.69, 9.17) is 5.10 Å². The lowest BCUT2D eigenvalue weighted by Gasteiger charge is -2.37. The average molecular weight is 562 g/mol. The Balaban J connectivity index is 1.72. The van der Waals surface area contributed by atoms with Crippen molar-refractivity contribution in [2.45, 2.75) is 5.54 Å². The zero-order valence-corrected chi connectivity index (χ0v) is 22.0. The van der Waals surface area contributed by atoms with Crippen molar-refractivity contribution < 1.29 is 18.1 Å². The van der Waals surface area contributed by atoms with Crippen LogP contribution in [0.3, 0.4) is 0 Å². The lowest BCUT2D eigenvalue weighted by molar-refractivity contribution is -0.387. The summed E-state index contributed by atoms with van der Waals surface area (Å²) in [5.74, 6) is -3.00. The largest absolute Gasteiger partial charge is 0.305 e. The molecule has 0 aliphatic heterocycles. The number of fused-ring (bicyclic) bond motifs is 1. The molecule has 6 aromatic rings. The molecule has 8 heteroatoms. The number of hydrogen-bond donors (Lipinski definition) is 0. The summed E-state index contributed by atoms with van der Waals surface area (Å²) in [7, 11) is 0. The predicted molar refractivity (Wildman–Crippen MR) is 156 cm³/mol. The third-order valence-electron chi connectivity index (χ3n) is 7.24. The Kier molecular flexibility index (Phi) is 6.88. The first-order valence-corrected chi connectivity index (χ1v) is 13.1. The van der Waals surface area contributed by atoms with E-state index < -0.39 is 33.6 Å². The van der Waals surface area contributed by atoms with Crippen molar-refractivity contribution in [2.75, 3.05) is 0 Å². The molecule has 5 nitrogen and oxygen atoms in total. The van der Waals surface area contributed by atoms with Crippen LogP contribution in [0.5, 0.6) is 0 Å². The maximum absolute atomic E-state index is 15.3. The van der Waals surface area contributed by atoms with Crippen LogP contribution in [0.25, 0.3) is 23.1 Å². The second-order valence-corrected chi connectivity index (χ2v) is 9.69. The molecule has 0 spiro atoms. The molecule has 0 saturated heterocycles. The first-order chi connectivity index (χ1) is 20.4.